The minimum atomic E-state index is -4.61. The third-order valence-electron chi connectivity index (χ3n) is 7.20. The molecule has 1 aromatic carbocycles. The van der Waals surface area contributed by atoms with Gasteiger partial charge in [-0.2, -0.15) is 13.2 Å². The molecule has 2 aliphatic rings. The molecule has 1 saturated carbocycles. The molecular weight excluding hydrogens is 528 g/mol. The highest BCUT2D eigenvalue weighted by Crippen LogP contribution is 2.45. The van der Waals surface area contributed by atoms with Gasteiger partial charge >= 0.3 is 6.18 Å². The van der Waals surface area contributed by atoms with Gasteiger partial charge in [0.15, 0.2) is 17.3 Å². The molecule has 13 heteroatoms. The van der Waals surface area contributed by atoms with Crippen molar-refractivity contribution in [3.05, 3.63) is 59.7 Å². The van der Waals surface area contributed by atoms with E-state index >= 15 is 4.39 Å². The molecule has 1 aliphatic carbocycles. The van der Waals surface area contributed by atoms with Crippen LogP contribution in [-0.2, 0) is 19.8 Å². The first kappa shape index (κ1) is 26.0. The Labute approximate surface area is 227 Å². The summed E-state index contributed by atoms with van der Waals surface area (Å²) < 4.78 is 61.3. The van der Waals surface area contributed by atoms with Gasteiger partial charge in [-0.15, -0.1) is 0 Å². The topological polar surface area (TPSA) is 85.1 Å². The predicted molar refractivity (Wildman–Crippen MR) is 140 cm³/mol. The number of methoxy groups -OCH3 is 1. The van der Waals surface area contributed by atoms with E-state index < -0.39 is 17.7 Å². The summed E-state index contributed by atoms with van der Waals surface area (Å²) in [6.07, 6.45) is 1.55. The normalized spacial score (nSPS) is 15.4. The molecule has 4 aromatic rings. The lowest BCUT2D eigenvalue weighted by molar-refractivity contribution is -0.140. The Morgan fingerprint density at radius 1 is 1.05 bits per heavy atom. The summed E-state index contributed by atoms with van der Waals surface area (Å²) in [7, 11) is 4.91. The van der Waals surface area contributed by atoms with Crippen LogP contribution in [0.25, 0.3) is 22.8 Å². The molecule has 0 N–H and O–H groups in total. The number of nitrogens with zero attached hydrogens (tertiary/aromatic N) is 8. The number of fused-ring (bicyclic) bond motifs is 1. The summed E-state index contributed by atoms with van der Waals surface area (Å²) in [5.74, 6) is 1.11. The fraction of sp³-hybridized carbons (Fsp3) is 0.370. The number of imidazole rings is 1. The molecule has 3 aromatic heterocycles. The van der Waals surface area contributed by atoms with E-state index in [1.165, 1.54) is 30.1 Å². The van der Waals surface area contributed by atoms with E-state index in [1.807, 2.05) is 11.9 Å². The lowest BCUT2D eigenvalue weighted by Crippen LogP contribution is -2.39. The first-order valence-electron chi connectivity index (χ1n) is 12.8. The van der Waals surface area contributed by atoms with Crippen LogP contribution in [-0.4, -0.2) is 56.7 Å². The second-order valence-corrected chi connectivity index (χ2v) is 10.0. The Kier molecular flexibility index (Phi) is 6.31. The van der Waals surface area contributed by atoms with E-state index in [4.69, 9.17) is 9.72 Å². The lowest BCUT2D eigenvalue weighted by atomic mass is 10.1. The zero-order chi connectivity index (χ0) is 28.2. The minimum absolute atomic E-state index is 0.00563. The maximum absolute atomic E-state index is 15.2. The Morgan fingerprint density at radius 2 is 1.85 bits per heavy atom. The van der Waals surface area contributed by atoms with E-state index in [-0.39, 0.29) is 11.4 Å². The van der Waals surface area contributed by atoms with Gasteiger partial charge in [0.2, 0.25) is 5.88 Å². The van der Waals surface area contributed by atoms with Crippen LogP contribution in [0.5, 0.6) is 5.88 Å². The van der Waals surface area contributed by atoms with Gasteiger partial charge in [-0.1, -0.05) is 6.07 Å². The van der Waals surface area contributed by atoms with E-state index in [2.05, 4.69) is 24.8 Å². The van der Waals surface area contributed by atoms with Crippen LogP contribution in [0.1, 0.15) is 35.7 Å². The molecule has 4 heterocycles. The molecule has 6 rings (SSSR count). The third kappa shape index (κ3) is 4.69. The summed E-state index contributed by atoms with van der Waals surface area (Å²) in [6.45, 7) is 1.66. The molecule has 0 amide bonds. The monoisotopic (exact) mass is 554 g/mol. The average molecular weight is 555 g/mol. The smallest absolute Gasteiger partial charge is 0.434 e. The van der Waals surface area contributed by atoms with Crippen LogP contribution >= 0.6 is 0 Å². The van der Waals surface area contributed by atoms with Crippen molar-refractivity contribution >= 4 is 11.5 Å². The van der Waals surface area contributed by atoms with Gasteiger partial charge in [0.05, 0.1) is 30.3 Å². The fourth-order valence-electron chi connectivity index (χ4n) is 4.97. The number of aromatic nitrogens is 6. The van der Waals surface area contributed by atoms with Gasteiger partial charge in [0.25, 0.3) is 0 Å². The number of anilines is 2. The van der Waals surface area contributed by atoms with Crippen molar-refractivity contribution in [2.45, 2.75) is 31.5 Å². The van der Waals surface area contributed by atoms with Crippen LogP contribution in [0.3, 0.4) is 0 Å². The first-order valence-corrected chi connectivity index (χ1v) is 12.8. The Morgan fingerprint density at radius 3 is 2.52 bits per heavy atom. The quantitative estimate of drug-likeness (QED) is 0.313. The van der Waals surface area contributed by atoms with Crippen LogP contribution in [0.15, 0.2) is 36.9 Å². The molecule has 40 heavy (non-hydrogen) atoms. The second kappa shape index (κ2) is 9.72. The first-order chi connectivity index (χ1) is 19.1. The van der Waals surface area contributed by atoms with Crippen LogP contribution in [0, 0.1) is 5.82 Å². The van der Waals surface area contributed by atoms with Crippen molar-refractivity contribution in [1.82, 2.24) is 29.5 Å². The Bertz CT molecular complexity index is 1580. The second-order valence-electron chi connectivity index (χ2n) is 10.0. The molecule has 0 spiro atoms. The number of aryl methyl sites for hydroxylation is 1. The molecule has 1 fully saturated rings. The van der Waals surface area contributed by atoms with E-state index in [9.17, 15) is 13.2 Å². The van der Waals surface area contributed by atoms with Gasteiger partial charge in [-0.05, 0) is 30.5 Å². The molecule has 208 valence electrons. The maximum Gasteiger partial charge on any atom is 0.434 e. The fourth-order valence-corrected chi connectivity index (χ4v) is 4.97. The molecule has 0 unspecified atom stereocenters. The Hall–Kier alpha value is -4.29. The van der Waals surface area contributed by atoms with Crippen molar-refractivity contribution in [1.29, 1.82) is 0 Å². The Balaban J connectivity index is 1.33. The predicted octanol–water partition coefficient (Wildman–Crippen LogP) is 4.83. The van der Waals surface area contributed by atoms with Crippen LogP contribution < -0.4 is 14.5 Å². The standard InChI is InChI=1S/C27H26F4N8O/c1-37-8-9-39(12-15-4-7-17(18(28)10-15)24-35-20(13-38(24)2)27(29,30)31)25-19(37)11-32-23(36-25)21-22(16-5-6-16)33-14-34-26(21)40-3/h4,7,10-11,13-14,16H,5-6,8-9,12H2,1-3H3. The number of halogens is 4. The molecule has 0 saturated heterocycles. The lowest BCUT2D eigenvalue weighted by Gasteiger charge is -2.36. The van der Waals surface area contributed by atoms with Gasteiger partial charge in [0.1, 0.15) is 23.5 Å². The van der Waals surface area contributed by atoms with Gasteiger partial charge in [0, 0.05) is 45.8 Å². The summed E-state index contributed by atoms with van der Waals surface area (Å²) >= 11 is 0. The summed E-state index contributed by atoms with van der Waals surface area (Å²) in [4.78, 5) is 26.0. The largest absolute Gasteiger partial charge is 0.480 e. The van der Waals surface area contributed by atoms with Crippen molar-refractivity contribution in [3.8, 4) is 28.7 Å². The SMILES string of the molecule is COc1ncnc(C2CC2)c1-c1ncc2c(n1)N(Cc1ccc(-c3nc(C(F)(F)F)cn3C)c(F)c1)CCN2C. The number of rotatable bonds is 6. The molecule has 1 aliphatic heterocycles. The zero-order valence-corrected chi connectivity index (χ0v) is 22.1. The van der Waals surface area contributed by atoms with Crippen LogP contribution in [0.4, 0.5) is 29.1 Å². The van der Waals surface area contributed by atoms with Crippen molar-refractivity contribution in [2.24, 2.45) is 7.05 Å². The minimum Gasteiger partial charge on any atom is -0.480 e. The number of ether oxygens (including phenoxy) is 1. The molecule has 0 radical (unpaired) electrons. The summed E-state index contributed by atoms with van der Waals surface area (Å²) in [5.41, 5.74) is 1.93. The third-order valence-corrected chi connectivity index (χ3v) is 7.20. The summed E-state index contributed by atoms with van der Waals surface area (Å²) in [6, 6.07) is 4.49. The van der Waals surface area contributed by atoms with Crippen molar-refractivity contribution < 1.29 is 22.3 Å². The van der Waals surface area contributed by atoms with Gasteiger partial charge in [-0.25, -0.2) is 29.3 Å². The molecule has 0 bridgehead atoms. The van der Waals surface area contributed by atoms with E-state index in [1.54, 1.807) is 19.4 Å². The molecule has 9 nitrogen and oxygen atoms in total. The zero-order valence-electron chi connectivity index (χ0n) is 22.1. The van der Waals surface area contributed by atoms with Crippen molar-refractivity contribution in [3.63, 3.8) is 0 Å². The van der Waals surface area contributed by atoms with Crippen molar-refractivity contribution in [2.75, 3.05) is 37.0 Å². The highest BCUT2D eigenvalue weighted by atomic mass is 19.4. The number of alkyl halides is 3. The highest BCUT2D eigenvalue weighted by Gasteiger charge is 2.35. The number of likely N-dealkylation sites (N-methyl/N-ethyl adjacent to an activating group) is 1. The van der Waals surface area contributed by atoms with Crippen LogP contribution in [0.2, 0.25) is 0 Å². The number of hydrogen-bond acceptors (Lipinski definition) is 8. The summed E-state index contributed by atoms with van der Waals surface area (Å²) in [5, 5.41) is 0. The number of benzene rings is 1. The maximum atomic E-state index is 15.2. The number of hydrogen-bond donors (Lipinski definition) is 0. The average Bonchev–Trinajstić information content (AvgIpc) is 3.70. The van der Waals surface area contributed by atoms with Gasteiger partial charge in [-0.3, -0.25) is 0 Å². The molecular formula is C27H26F4N8O. The highest BCUT2D eigenvalue weighted by molar-refractivity contribution is 5.74. The van der Waals surface area contributed by atoms with E-state index in [0.717, 1.165) is 30.4 Å². The van der Waals surface area contributed by atoms with Gasteiger partial charge < -0.3 is 19.1 Å². The molecule has 0 atom stereocenters. The van der Waals surface area contributed by atoms with E-state index in [0.29, 0.717) is 54.2 Å².